The molecule has 0 fully saturated rings. The van der Waals surface area contributed by atoms with Crippen LogP contribution >= 0.6 is 15.9 Å². The number of hydrogen-bond acceptors (Lipinski definition) is 2. The highest BCUT2D eigenvalue weighted by Gasteiger charge is 2.11. The average Bonchev–Trinajstić information content (AvgIpc) is 2.70. The third-order valence-corrected chi connectivity index (χ3v) is 2.98. The molecule has 2 aromatic rings. The molecule has 0 aliphatic rings. The number of rotatable bonds is 3. The molecule has 0 radical (unpaired) electrons. The number of amides is 1. The number of aromatic nitrogens is 2. The number of nitrogens with one attached hydrogen (secondary N) is 1. The van der Waals surface area contributed by atoms with E-state index >= 15 is 0 Å². The molecule has 0 aliphatic carbocycles. The van der Waals surface area contributed by atoms with Gasteiger partial charge in [0.2, 0.25) is 5.91 Å². The summed E-state index contributed by atoms with van der Waals surface area (Å²) >= 11 is 3.09. The first-order valence-electron chi connectivity index (χ1n) is 5.27. The fourth-order valence-electron chi connectivity index (χ4n) is 1.55. The van der Waals surface area contributed by atoms with E-state index in [0.29, 0.717) is 15.7 Å². The molecular formula is C12H11BrFN3O. The molecule has 1 aromatic carbocycles. The highest BCUT2D eigenvalue weighted by molar-refractivity contribution is 9.10. The summed E-state index contributed by atoms with van der Waals surface area (Å²) in [5.41, 5.74) is 0.948. The van der Waals surface area contributed by atoms with Crippen molar-refractivity contribution in [3.8, 4) is 0 Å². The molecule has 0 aliphatic heterocycles. The normalized spacial score (nSPS) is 10.4. The van der Waals surface area contributed by atoms with Crippen molar-refractivity contribution in [3.63, 3.8) is 0 Å². The zero-order valence-corrected chi connectivity index (χ0v) is 11.2. The maximum Gasteiger partial charge on any atom is 0.228 e. The summed E-state index contributed by atoms with van der Waals surface area (Å²) in [4.78, 5) is 11.7. The quantitative estimate of drug-likeness (QED) is 0.946. The Labute approximate surface area is 112 Å². The monoisotopic (exact) mass is 311 g/mol. The van der Waals surface area contributed by atoms with Crippen LogP contribution in [0.15, 0.2) is 35.1 Å². The first-order chi connectivity index (χ1) is 8.56. The second-order valence-corrected chi connectivity index (χ2v) is 4.69. The topological polar surface area (TPSA) is 46.9 Å². The van der Waals surface area contributed by atoms with Gasteiger partial charge in [0.05, 0.1) is 22.8 Å². The Hall–Kier alpha value is -1.69. The molecule has 0 atom stereocenters. The minimum atomic E-state index is -0.404. The second kappa shape index (κ2) is 5.30. The van der Waals surface area contributed by atoms with Crippen LogP contribution in [0.5, 0.6) is 0 Å². The van der Waals surface area contributed by atoms with Crippen LogP contribution in [0.1, 0.15) is 5.56 Å². The largest absolute Gasteiger partial charge is 0.323 e. The van der Waals surface area contributed by atoms with E-state index in [1.54, 1.807) is 36.1 Å². The number of halogens is 2. The predicted octanol–water partition coefficient (Wildman–Crippen LogP) is 2.50. The van der Waals surface area contributed by atoms with Crippen LogP contribution in [0.4, 0.5) is 10.1 Å². The van der Waals surface area contributed by atoms with Crippen molar-refractivity contribution < 1.29 is 9.18 Å². The van der Waals surface area contributed by atoms with Crippen LogP contribution < -0.4 is 5.32 Å². The maximum absolute atomic E-state index is 13.7. The number of anilines is 1. The van der Waals surface area contributed by atoms with Crippen molar-refractivity contribution in [3.05, 3.63) is 46.4 Å². The van der Waals surface area contributed by atoms with Crippen molar-refractivity contribution in [1.29, 1.82) is 0 Å². The summed E-state index contributed by atoms with van der Waals surface area (Å²) in [6, 6.07) is 4.88. The van der Waals surface area contributed by atoms with Gasteiger partial charge in [-0.05, 0) is 27.6 Å². The standard InChI is InChI=1S/C12H11BrFN3O/c1-17-7-9(6-15-17)16-11(18)5-8-3-2-4-10(13)12(8)14/h2-4,6-7H,5H2,1H3,(H,16,18). The average molecular weight is 312 g/mol. The smallest absolute Gasteiger partial charge is 0.228 e. The molecule has 0 spiro atoms. The number of hydrogen-bond donors (Lipinski definition) is 1. The van der Waals surface area contributed by atoms with Gasteiger partial charge in [0.25, 0.3) is 0 Å². The maximum atomic E-state index is 13.7. The third-order valence-electron chi connectivity index (χ3n) is 2.37. The molecular weight excluding hydrogens is 301 g/mol. The van der Waals surface area contributed by atoms with Gasteiger partial charge in [-0.1, -0.05) is 12.1 Å². The lowest BCUT2D eigenvalue weighted by molar-refractivity contribution is -0.115. The SMILES string of the molecule is Cn1cc(NC(=O)Cc2cccc(Br)c2F)cn1. The van der Waals surface area contributed by atoms with Crippen molar-refractivity contribution in [2.24, 2.45) is 7.05 Å². The van der Waals surface area contributed by atoms with E-state index < -0.39 is 5.82 Å². The number of aryl methyl sites for hydroxylation is 1. The Morgan fingerprint density at radius 3 is 3.00 bits per heavy atom. The number of benzene rings is 1. The molecule has 1 amide bonds. The van der Waals surface area contributed by atoms with Crippen molar-refractivity contribution in [1.82, 2.24) is 9.78 Å². The van der Waals surface area contributed by atoms with Crippen LogP contribution in [0.25, 0.3) is 0 Å². The van der Waals surface area contributed by atoms with Crippen molar-refractivity contribution >= 4 is 27.5 Å². The van der Waals surface area contributed by atoms with Gasteiger partial charge in [0.15, 0.2) is 0 Å². The van der Waals surface area contributed by atoms with Crippen LogP contribution in [0.2, 0.25) is 0 Å². The summed E-state index contributed by atoms with van der Waals surface area (Å²) in [6.07, 6.45) is 3.20. The fraction of sp³-hybridized carbons (Fsp3) is 0.167. The lowest BCUT2D eigenvalue weighted by atomic mass is 10.1. The second-order valence-electron chi connectivity index (χ2n) is 3.84. The third kappa shape index (κ3) is 2.95. The summed E-state index contributed by atoms with van der Waals surface area (Å²) in [5.74, 6) is -0.682. The molecule has 2 rings (SSSR count). The minimum absolute atomic E-state index is 0.0137. The van der Waals surface area contributed by atoms with Crippen LogP contribution in [-0.2, 0) is 18.3 Å². The summed E-state index contributed by atoms with van der Waals surface area (Å²) in [7, 11) is 1.75. The van der Waals surface area contributed by atoms with E-state index in [1.165, 1.54) is 6.20 Å². The van der Waals surface area contributed by atoms with Crippen molar-refractivity contribution in [2.45, 2.75) is 6.42 Å². The van der Waals surface area contributed by atoms with Gasteiger partial charge in [0.1, 0.15) is 5.82 Å². The zero-order chi connectivity index (χ0) is 13.1. The van der Waals surface area contributed by atoms with E-state index in [4.69, 9.17) is 0 Å². The molecule has 1 aromatic heterocycles. The molecule has 1 N–H and O–H groups in total. The highest BCUT2D eigenvalue weighted by atomic mass is 79.9. The van der Waals surface area contributed by atoms with E-state index in [0.717, 1.165) is 0 Å². The Kier molecular flexibility index (Phi) is 3.76. The van der Waals surface area contributed by atoms with E-state index in [1.807, 2.05) is 0 Å². The lowest BCUT2D eigenvalue weighted by Crippen LogP contribution is -2.14. The number of carbonyl (C=O) groups excluding carboxylic acids is 1. The molecule has 0 unspecified atom stereocenters. The first-order valence-corrected chi connectivity index (χ1v) is 6.07. The summed E-state index contributed by atoms with van der Waals surface area (Å²) in [5, 5.41) is 6.58. The Balaban J connectivity index is 2.05. The van der Waals surface area contributed by atoms with Crippen LogP contribution in [-0.4, -0.2) is 15.7 Å². The summed E-state index contributed by atoms with van der Waals surface area (Å²) in [6.45, 7) is 0. The molecule has 0 bridgehead atoms. The number of nitrogens with zero attached hydrogens (tertiary/aromatic N) is 2. The first kappa shape index (κ1) is 12.8. The molecule has 18 heavy (non-hydrogen) atoms. The van der Waals surface area contributed by atoms with Gasteiger partial charge in [-0.15, -0.1) is 0 Å². The highest BCUT2D eigenvalue weighted by Crippen LogP contribution is 2.19. The Morgan fingerprint density at radius 2 is 2.33 bits per heavy atom. The van der Waals surface area contributed by atoms with Crippen LogP contribution in [0, 0.1) is 5.82 Å². The molecule has 0 saturated carbocycles. The molecule has 6 heteroatoms. The Bertz CT molecular complexity index is 582. The van der Waals surface area contributed by atoms with Crippen molar-refractivity contribution in [2.75, 3.05) is 5.32 Å². The summed E-state index contributed by atoms with van der Waals surface area (Å²) < 4.78 is 15.6. The molecule has 1 heterocycles. The molecule has 94 valence electrons. The zero-order valence-electron chi connectivity index (χ0n) is 9.65. The molecule has 4 nitrogen and oxygen atoms in total. The minimum Gasteiger partial charge on any atom is -0.323 e. The predicted molar refractivity (Wildman–Crippen MR) is 69.6 cm³/mol. The van der Waals surface area contributed by atoms with Gasteiger partial charge >= 0.3 is 0 Å². The van der Waals surface area contributed by atoms with Crippen LogP contribution in [0.3, 0.4) is 0 Å². The molecule has 0 saturated heterocycles. The van der Waals surface area contributed by atoms with Gasteiger partial charge in [-0.2, -0.15) is 5.10 Å². The Morgan fingerprint density at radius 1 is 1.56 bits per heavy atom. The van der Waals surface area contributed by atoms with Gasteiger partial charge in [0, 0.05) is 13.2 Å². The van der Waals surface area contributed by atoms with Gasteiger partial charge in [-0.25, -0.2) is 4.39 Å². The van der Waals surface area contributed by atoms with Gasteiger partial charge < -0.3 is 5.32 Å². The van der Waals surface area contributed by atoms with E-state index in [9.17, 15) is 9.18 Å². The van der Waals surface area contributed by atoms with E-state index in [-0.39, 0.29) is 12.3 Å². The fourth-order valence-corrected chi connectivity index (χ4v) is 1.96. The van der Waals surface area contributed by atoms with E-state index in [2.05, 4.69) is 26.3 Å². The lowest BCUT2D eigenvalue weighted by Gasteiger charge is -2.05. The van der Waals surface area contributed by atoms with Gasteiger partial charge in [-0.3, -0.25) is 9.48 Å². The number of carbonyl (C=O) groups is 1.